The zero-order valence-corrected chi connectivity index (χ0v) is 21.0. The van der Waals surface area contributed by atoms with E-state index in [0.29, 0.717) is 11.8 Å². The molecule has 0 fully saturated rings. The fourth-order valence-electron chi connectivity index (χ4n) is 4.89. The summed E-state index contributed by atoms with van der Waals surface area (Å²) in [4.78, 5) is 0. The molecule has 0 radical (unpaired) electrons. The molecular formula is C31H28O3S. The van der Waals surface area contributed by atoms with E-state index in [1.165, 1.54) is 27.5 Å². The maximum absolute atomic E-state index is 6.12. The molecular weight excluding hydrogens is 452 g/mol. The largest absolute Gasteiger partial charge is 0.468 e. The van der Waals surface area contributed by atoms with Gasteiger partial charge in [0, 0.05) is 38.8 Å². The van der Waals surface area contributed by atoms with Gasteiger partial charge in [-0.15, -0.1) is 0 Å². The third-order valence-electron chi connectivity index (χ3n) is 6.76. The van der Waals surface area contributed by atoms with Crippen LogP contribution in [0.3, 0.4) is 0 Å². The van der Waals surface area contributed by atoms with Crippen molar-refractivity contribution in [1.82, 2.24) is 0 Å². The van der Waals surface area contributed by atoms with E-state index in [0.717, 1.165) is 45.0 Å². The van der Waals surface area contributed by atoms with Crippen molar-refractivity contribution < 1.29 is 13.3 Å². The average Bonchev–Trinajstić information content (AvgIpc) is 3.58. The number of furan rings is 3. The van der Waals surface area contributed by atoms with Crippen LogP contribution in [0.25, 0.3) is 32.7 Å². The molecule has 3 aromatic heterocycles. The molecule has 0 aliphatic rings. The van der Waals surface area contributed by atoms with Crippen LogP contribution in [0.1, 0.15) is 55.1 Å². The summed E-state index contributed by atoms with van der Waals surface area (Å²) in [6, 6.07) is 23.5. The lowest BCUT2D eigenvalue weighted by Gasteiger charge is -2.09. The Morgan fingerprint density at radius 3 is 2.49 bits per heavy atom. The predicted octanol–water partition coefficient (Wildman–Crippen LogP) is 9.69. The molecule has 0 bridgehead atoms. The molecule has 0 spiro atoms. The molecule has 6 rings (SSSR count). The average molecular weight is 481 g/mol. The molecule has 0 amide bonds. The van der Waals surface area contributed by atoms with Gasteiger partial charge in [0.25, 0.3) is 0 Å². The molecule has 1 atom stereocenters. The van der Waals surface area contributed by atoms with Gasteiger partial charge in [0.05, 0.1) is 12.5 Å². The van der Waals surface area contributed by atoms with E-state index in [1.54, 1.807) is 11.8 Å². The number of hydrogen-bond donors (Lipinski definition) is 0. The summed E-state index contributed by atoms with van der Waals surface area (Å²) in [6.45, 7) is 6.62. The van der Waals surface area contributed by atoms with Gasteiger partial charge in [-0.05, 0) is 47.7 Å². The van der Waals surface area contributed by atoms with Crippen LogP contribution in [0.2, 0.25) is 0 Å². The van der Waals surface area contributed by atoms with Gasteiger partial charge in [-0.1, -0.05) is 75.0 Å². The molecule has 3 heterocycles. The van der Waals surface area contributed by atoms with Gasteiger partial charge < -0.3 is 13.3 Å². The Kier molecular flexibility index (Phi) is 5.69. The summed E-state index contributed by atoms with van der Waals surface area (Å²) < 4.78 is 17.9. The Hall–Kier alpha value is -3.37. The van der Waals surface area contributed by atoms with Crippen molar-refractivity contribution in [1.29, 1.82) is 0 Å². The van der Waals surface area contributed by atoms with Crippen LogP contribution in [0, 0.1) is 0 Å². The minimum atomic E-state index is 0.292. The lowest BCUT2D eigenvalue weighted by molar-refractivity contribution is 0.479. The topological polar surface area (TPSA) is 39.4 Å². The zero-order valence-electron chi connectivity index (χ0n) is 20.2. The van der Waals surface area contributed by atoms with E-state index in [-0.39, 0.29) is 0 Å². The number of hydrogen-bond acceptors (Lipinski definition) is 4. The molecule has 4 heteroatoms. The second kappa shape index (κ2) is 9.01. The van der Waals surface area contributed by atoms with Crippen LogP contribution in [0.5, 0.6) is 0 Å². The Balaban J connectivity index is 1.16. The Morgan fingerprint density at radius 2 is 1.60 bits per heavy atom. The van der Waals surface area contributed by atoms with Gasteiger partial charge in [0.15, 0.2) is 5.09 Å². The first-order valence-electron chi connectivity index (χ1n) is 12.2. The normalized spacial score (nSPS) is 12.9. The van der Waals surface area contributed by atoms with Gasteiger partial charge in [-0.3, -0.25) is 0 Å². The molecule has 0 saturated carbocycles. The molecule has 0 saturated heterocycles. The molecule has 0 N–H and O–H groups in total. The summed E-state index contributed by atoms with van der Waals surface area (Å²) in [6.07, 6.45) is 4.66. The minimum Gasteiger partial charge on any atom is -0.468 e. The van der Waals surface area contributed by atoms with E-state index < -0.39 is 0 Å². The fraction of sp³-hybridized carbons (Fsp3) is 0.226. The van der Waals surface area contributed by atoms with Gasteiger partial charge in [-0.25, -0.2) is 0 Å². The van der Waals surface area contributed by atoms with Gasteiger partial charge in [0.1, 0.15) is 16.9 Å². The number of fused-ring (bicyclic) bond motifs is 3. The van der Waals surface area contributed by atoms with Gasteiger partial charge in [-0.2, -0.15) is 0 Å². The van der Waals surface area contributed by atoms with Crippen molar-refractivity contribution in [3.05, 3.63) is 102 Å². The van der Waals surface area contributed by atoms with Crippen LogP contribution < -0.4 is 0 Å². The van der Waals surface area contributed by atoms with Crippen molar-refractivity contribution in [2.24, 2.45) is 0 Å². The standard InChI is InChI=1S/C31H28O3S/c1-19(2)27-17-32-29-14-22(8-10-26(27)29)18-35-30-15-24-13-21(9-11-28(24)34-30)12-20(3)31-25-7-5-4-6-23(25)16-33-31/h4-11,13-17,19-20H,12,18H2,1-3H3. The van der Waals surface area contributed by atoms with Crippen molar-refractivity contribution >= 4 is 44.5 Å². The van der Waals surface area contributed by atoms with Gasteiger partial charge >= 0.3 is 0 Å². The molecule has 3 nitrogen and oxygen atoms in total. The lowest BCUT2D eigenvalue weighted by Crippen LogP contribution is -1.97. The van der Waals surface area contributed by atoms with Crippen molar-refractivity contribution in [3.8, 4) is 0 Å². The second-order valence-electron chi connectivity index (χ2n) is 9.69. The third-order valence-corrected chi connectivity index (χ3v) is 7.72. The van der Waals surface area contributed by atoms with Crippen molar-refractivity contribution in [2.45, 2.75) is 49.9 Å². The summed E-state index contributed by atoms with van der Waals surface area (Å²) in [5.74, 6) is 2.64. The predicted molar refractivity (Wildman–Crippen MR) is 144 cm³/mol. The molecule has 0 aliphatic heterocycles. The zero-order chi connectivity index (χ0) is 23.9. The van der Waals surface area contributed by atoms with E-state index in [4.69, 9.17) is 13.3 Å². The van der Waals surface area contributed by atoms with E-state index in [1.807, 2.05) is 18.6 Å². The first kappa shape index (κ1) is 22.1. The van der Waals surface area contributed by atoms with Crippen LogP contribution >= 0.6 is 11.8 Å². The van der Waals surface area contributed by atoms with Crippen LogP contribution in [-0.2, 0) is 12.2 Å². The Bertz CT molecular complexity index is 1630. The highest BCUT2D eigenvalue weighted by Crippen LogP contribution is 2.34. The molecule has 0 aliphatic carbocycles. The lowest BCUT2D eigenvalue weighted by atomic mass is 9.96. The highest BCUT2D eigenvalue weighted by atomic mass is 32.2. The van der Waals surface area contributed by atoms with Crippen molar-refractivity contribution in [3.63, 3.8) is 0 Å². The Morgan fingerprint density at radius 1 is 0.743 bits per heavy atom. The molecule has 35 heavy (non-hydrogen) atoms. The number of benzene rings is 3. The quantitative estimate of drug-likeness (QED) is 0.213. The smallest absolute Gasteiger partial charge is 0.161 e. The summed E-state index contributed by atoms with van der Waals surface area (Å²) in [5, 5.41) is 5.65. The molecule has 1 unspecified atom stereocenters. The van der Waals surface area contributed by atoms with Crippen molar-refractivity contribution in [2.75, 3.05) is 0 Å². The van der Waals surface area contributed by atoms with E-state index >= 15 is 0 Å². The third kappa shape index (κ3) is 4.28. The number of rotatable bonds is 7. The Labute approximate surface area is 209 Å². The molecule has 6 aromatic rings. The van der Waals surface area contributed by atoms with E-state index in [9.17, 15) is 0 Å². The first-order chi connectivity index (χ1) is 17.0. The van der Waals surface area contributed by atoms with Gasteiger partial charge in [0.2, 0.25) is 0 Å². The first-order valence-corrected chi connectivity index (χ1v) is 13.1. The monoisotopic (exact) mass is 480 g/mol. The highest BCUT2D eigenvalue weighted by molar-refractivity contribution is 7.98. The fourth-order valence-corrected chi connectivity index (χ4v) is 5.74. The SMILES string of the molecule is CC(C)c1coc2cc(CSc3cc4cc(CC(C)c5occ6ccccc56)ccc4o3)ccc12. The highest BCUT2D eigenvalue weighted by Gasteiger charge is 2.16. The molecule has 3 aromatic carbocycles. The van der Waals surface area contributed by atoms with E-state index in [2.05, 4.69) is 81.4 Å². The summed E-state index contributed by atoms with van der Waals surface area (Å²) in [7, 11) is 0. The van der Waals surface area contributed by atoms with Crippen LogP contribution in [0.15, 0.2) is 97.6 Å². The molecule has 176 valence electrons. The maximum atomic E-state index is 6.12. The van der Waals surface area contributed by atoms with Crippen LogP contribution in [0.4, 0.5) is 0 Å². The maximum Gasteiger partial charge on any atom is 0.161 e. The second-order valence-corrected chi connectivity index (χ2v) is 10.7. The summed E-state index contributed by atoms with van der Waals surface area (Å²) >= 11 is 1.72. The minimum absolute atomic E-state index is 0.292. The number of thioether (sulfide) groups is 1. The summed E-state index contributed by atoms with van der Waals surface area (Å²) in [5.41, 5.74) is 5.66. The van der Waals surface area contributed by atoms with Crippen LogP contribution in [-0.4, -0.2) is 0 Å².